The van der Waals surface area contributed by atoms with Crippen molar-refractivity contribution < 1.29 is 22.7 Å². The van der Waals surface area contributed by atoms with Crippen molar-refractivity contribution in [2.75, 3.05) is 25.1 Å². The molecule has 0 saturated heterocycles. The van der Waals surface area contributed by atoms with E-state index >= 15 is 0 Å². The van der Waals surface area contributed by atoms with Gasteiger partial charge in [-0.25, -0.2) is 8.42 Å². The van der Waals surface area contributed by atoms with Crippen LogP contribution in [0.25, 0.3) is 0 Å². The Balaban J connectivity index is 1.98. The molecule has 0 aliphatic rings. The minimum Gasteiger partial charge on any atom is -0.495 e. The van der Waals surface area contributed by atoms with Crippen molar-refractivity contribution in [3.63, 3.8) is 0 Å². The highest BCUT2D eigenvalue weighted by molar-refractivity contribution is 7.93. The lowest BCUT2D eigenvalue weighted by Gasteiger charge is -2.25. The zero-order chi connectivity index (χ0) is 25.8. The maximum atomic E-state index is 13.8. The molecule has 3 rings (SSSR count). The van der Waals surface area contributed by atoms with Crippen molar-refractivity contribution in [1.82, 2.24) is 5.32 Å². The molecule has 0 aliphatic carbocycles. The Labute approximate surface area is 219 Å². The van der Waals surface area contributed by atoms with Crippen LogP contribution in [0.2, 0.25) is 15.1 Å². The predicted octanol–water partition coefficient (Wildman–Crippen LogP) is 5.48. The van der Waals surface area contributed by atoms with Gasteiger partial charge in [-0.2, -0.15) is 0 Å². The largest absolute Gasteiger partial charge is 0.495 e. The molecule has 7 nitrogen and oxygen atoms in total. The first-order valence-corrected chi connectivity index (χ1v) is 12.9. The van der Waals surface area contributed by atoms with Crippen molar-refractivity contribution >= 4 is 56.4 Å². The quantitative estimate of drug-likeness (QED) is 0.376. The predicted molar refractivity (Wildman–Crippen MR) is 139 cm³/mol. The average Bonchev–Trinajstić information content (AvgIpc) is 2.81. The van der Waals surface area contributed by atoms with Crippen LogP contribution in [-0.4, -0.2) is 35.1 Å². The highest BCUT2D eigenvalue weighted by Gasteiger charge is 2.30. The Morgan fingerprint density at radius 3 is 2.23 bits per heavy atom. The number of amides is 1. The standard InChI is InChI=1S/C24H23Cl3N2O5S/c1-15-4-8-22(34-3)23(10-15)35(31,32)29(18-7-9-21(33-2)20(27)12-18)14-24(30)28-13-16-5-6-17(25)11-19(16)26/h4-12H,13-14H2,1-3H3,(H,28,30). The Hall–Kier alpha value is -2.65. The first kappa shape index (κ1) is 26.9. The summed E-state index contributed by atoms with van der Waals surface area (Å²) in [5.41, 5.74) is 1.52. The number of ether oxygens (including phenoxy) is 2. The number of rotatable bonds is 9. The van der Waals surface area contributed by atoms with E-state index in [2.05, 4.69) is 5.32 Å². The molecular formula is C24H23Cl3N2O5S. The SMILES string of the molecule is COc1ccc(N(CC(=O)NCc2ccc(Cl)cc2Cl)S(=O)(=O)c2cc(C)ccc2OC)cc1Cl. The first-order chi connectivity index (χ1) is 16.6. The van der Waals surface area contributed by atoms with Crippen LogP contribution in [0.5, 0.6) is 11.5 Å². The Morgan fingerprint density at radius 2 is 1.60 bits per heavy atom. The molecule has 0 heterocycles. The van der Waals surface area contributed by atoms with Gasteiger partial charge in [0.15, 0.2) is 0 Å². The smallest absolute Gasteiger partial charge is 0.268 e. The minimum atomic E-state index is -4.24. The van der Waals surface area contributed by atoms with Crippen molar-refractivity contribution in [2.45, 2.75) is 18.4 Å². The van der Waals surface area contributed by atoms with Crippen molar-refractivity contribution in [3.05, 3.63) is 80.8 Å². The van der Waals surface area contributed by atoms with E-state index < -0.39 is 22.5 Å². The molecule has 0 saturated carbocycles. The summed E-state index contributed by atoms with van der Waals surface area (Å²) >= 11 is 18.4. The van der Waals surface area contributed by atoms with E-state index in [0.29, 0.717) is 26.9 Å². The molecule has 0 unspecified atom stereocenters. The van der Waals surface area contributed by atoms with E-state index in [1.165, 1.54) is 38.5 Å². The molecule has 35 heavy (non-hydrogen) atoms. The third-order valence-electron chi connectivity index (χ3n) is 5.09. The summed E-state index contributed by atoms with van der Waals surface area (Å²) in [6.07, 6.45) is 0. The normalized spacial score (nSPS) is 11.1. The molecule has 0 fully saturated rings. The summed E-state index contributed by atoms with van der Waals surface area (Å²) in [6.45, 7) is 1.32. The zero-order valence-electron chi connectivity index (χ0n) is 19.1. The van der Waals surface area contributed by atoms with Gasteiger partial charge in [0.2, 0.25) is 5.91 Å². The van der Waals surface area contributed by atoms with Gasteiger partial charge < -0.3 is 14.8 Å². The molecule has 1 amide bonds. The van der Waals surface area contributed by atoms with Gasteiger partial charge in [-0.3, -0.25) is 9.10 Å². The van der Waals surface area contributed by atoms with Crippen molar-refractivity contribution in [1.29, 1.82) is 0 Å². The number of methoxy groups -OCH3 is 2. The number of benzene rings is 3. The number of hydrogen-bond acceptors (Lipinski definition) is 5. The molecule has 0 atom stereocenters. The molecule has 0 aliphatic heterocycles. The van der Waals surface area contributed by atoms with E-state index in [1.54, 1.807) is 37.3 Å². The molecule has 0 bridgehead atoms. The van der Waals surface area contributed by atoms with Gasteiger partial charge in [0, 0.05) is 16.6 Å². The molecule has 0 radical (unpaired) electrons. The molecule has 0 aromatic heterocycles. The van der Waals surface area contributed by atoms with Gasteiger partial charge in [0.25, 0.3) is 10.0 Å². The number of nitrogens with one attached hydrogen (secondary N) is 1. The van der Waals surface area contributed by atoms with Gasteiger partial charge in [0.05, 0.1) is 24.9 Å². The summed E-state index contributed by atoms with van der Waals surface area (Å²) in [5.74, 6) is -0.0468. The van der Waals surface area contributed by atoms with Gasteiger partial charge in [0.1, 0.15) is 22.9 Å². The monoisotopic (exact) mass is 556 g/mol. The van der Waals surface area contributed by atoms with Crippen LogP contribution in [0.4, 0.5) is 5.69 Å². The fourth-order valence-electron chi connectivity index (χ4n) is 3.27. The van der Waals surface area contributed by atoms with Crippen LogP contribution in [0, 0.1) is 6.92 Å². The Morgan fingerprint density at radius 1 is 0.914 bits per heavy atom. The fraction of sp³-hybridized carbons (Fsp3) is 0.208. The second kappa shape index (κ2) is 11.4. The molecule has 3 aromatic carbocycles. The average molecular weight is 558 g/mol. The Kier molecular flexibility index (Phi) is 8.77. The number of nitrogens with zero attached hydrogens (tertiary/aromatic N) is 1. The lowest BCUT2D eigenvalue weighted by Crippen LogP contribution is -2.40. The Bertz CT molecular complexity index is 1350. The van der Waals surface area contributed by atoms with E-state index in [9.17, 15) is 13.2 Å². The van der Waals surface area contributed by atoms with Gasteiger partial charge in [-0.05, 0) is 60.5 Å². The number of sulfonamides is 1. The molecular weight excluding hydrogens is 535 g/mol. The molecule has 186 valence electrons. The van der Waals surface area contributed by atoms with Crippen molar-refractivity contribution in [3.8, 4) is 11.5 Å². The zero-order valence-corrected chi connectivity index (χ0v) is 22.2. The third kappa shape index (κ3) is 6.32. The minimum absolute atomic E-state index is 0.0829. The second-order valence-corrected chi connectivity index (χ2v) is 10.6. The number of carbonyl (C=O) groups excluding carboxylic acids is 1. The molecule has 0 spiro atoms. The summed E-state index contributed by atoms with van der Waals surface area (Å²) in [5, 5.41) is 3.74. The third-order valence-corrected chi connectivity index (χ3v) is 7.77. The van der Waals surface area contributed by atoms with Gasteiger partial charge >= 0.3 is 0 Å². The van der Waals surface area contributed by atoms with E-state index in [0.717, 1.165) is 4.31 Å². The lowest BCUT2D eigenvalue weighted by atomic mass is 10.2. The summed E-state index contributed by atoms with van der Waals surface area (Å²) in [7, 11) is -1.42. The fourth-order valence-corrected chi connectivity index (χ4v) is 5.66. The first-order valence-electron chi connectivity index (χ1n) is 10.3. The number of aryl methyl sites for hydroxylation is 1. The summed E-state index contributed by atoms with van der Waals surface area (Å²) in [6, 6.07) is 14.1. The van der Waals surface area contributed by atoms with E-state index in [-0.39, 0.29) is 27.9 Å². The van der Waals surface area contributed by atoms with Crippen LogP contribution in [0.15, 0.2) is 59.5 Å². The number of anilines is 1. The van der Waals surface area contributed by atoms with Crippen LogP contribution in [-0.2, 0) is 21.4 Å². The maximum Gasteiger partial charge on any atom is 0.268 e. The van der Waals surface area contributed by atoms with Gasteiger partial charge in [-0.1, -0.05) is 46.9 Å². The van der Waals surface area contributed by atoms with E-state index in [4.69, 9.17) is 44.3 Å². The van der Waals surface area contributed by atoms with E-state index in [1.807, 2.05) is 0 Å². The topological polar surface area (TPSA) is 84.9 Å². The van der Waals surface area contributed by atoms with Crippen LogP contribution in [0.1, 0.15) is 11.1 Å². The summed E-state index contributed by atoms with van der Waals surface area (Å²) < 4.78 is 39.0. The number of halogens is 3. The van der Waals surface area contributed by atoms with Gasteiger partial charge in [-0.15, -0.1) is 0 Å². The van der Waals surface area contributed by atoms with Crippen LogP contribution >= 0.6 is 34.8 Å². The highest BCUT2D eigenvalue weighted by Crippen LogP contribution is 2.34. The van der Waals surface area contributed by atoms with Crippen LogP contribution < -0.4 is 19.1 Å². The second-order valence-electron chi connectivity index (χ2n) is 7.50. The lowest BCUT2D eigenvalue weighted by molar-refractivity contribution is -0.119. The molecule has 1 N–H and O–H groups in total. The van der Waals surface area contributed by atoms with Crippen LogP contribution in [0.3, 0.4) is 0 Å². The molecule has 11 heteroatoms. The molecule has 3 aromatic rings. The maximum absolute atomic E-state index is 13.8. The number of hydrogen-bond donors (Lipinski definition) is 1. The number of carbonyl (C=O) groups is 1. The highest BCUT2D eigenvalue weighted by atomic mass is 35.5. The van der Waals surface area contributed by atoms with Crippen molar-refractivity contribution in [2.24, 2.45) is 0 Å². The summed E-state index contributed by atoms with van der Waals surface area (Å²) in [4.78, 5) is 12.8.